The maximum Gasteiger partial charge on any atom is 0.303 e. The van der Waals surface area contributed by atoms with Crippen molar-refractivity contribution in [2.75, 3.05) is 0 Å². The Labute approximate surface area is 150 Å². The number of aliphatic hydroxyl groups excluding tert-OH is 3. The molecule has 0 aliphatic rings. The minimum Gasteiger partial charge on any atom is -0.481 e. The summed E-state index contributed by atoms with van der Waals surface area (Å²) in [6, 6.07) is 0. The maximum absolute atomic E-state index is 10.4. The molecule has 0 rings (SSSR count). The zero-order chi connectivity index (χ0) is 18.9. The summed E-state index contributed by atoms with van der Waals surface area (Å²) in [5.41, 5.74) is 0. The lowest BCUT2D eigenvalue weighted by Crippen LogP contribution is -2.23. The first-order chi connectivity index (χ1) is 12.0. The van der Waals surface area contributed by atoms with Crippen LogP contribution in [-0.2, 0) is 4.79 Å². The highest BCUT2D eigenvalue weighted by atomic mass is 16.4. The highest BCUT2D eigenvalue weighted by Crippen LogP contribution is 2.06. The SMILES string of the molecule is CCCCC[C@H](O)C=CC=CC=CC=C[C@@H](O)[C@@H](O)CCCC(=O)O. The molecule has 3 atom stereocenters. The number of aliphatic carboxylic acids is 1. The van der Waals surface area contributed by atoms with Gasteiger partial charge < -0.3 is 20.4 Å². The molecule has 0 aliphatic carbocycles. The number of hydrogen-bond donors (Lipinski definition) is 4. The minimum absolute atomic E-state index is 0.0149. The molecule has 5 heteroatoms. The van der Waals surface area contributed by atoms with Crippen molar-refractivity contribution in [2.45, 2.75) is 70.2 Å². The number of hydrogen-bond acceptors (Lipinski definition) is 4. The lowest BCUT2D eigenvalue weighted by atomic mass is 10.1. The van der Waals surface area contributed by atoms with Gasteiger partial charge >= 0.3 is 5.97 Å². The molecule has 0 saturated heterocycles. The maximum atomic E-state index is 10.4. The molecule has 0 fully saturated rings. The molecule has 0 spiro atoms. The summed E-state index contributed by atoms with van der Waals surface area (Å²) in [5, 5.41) is 37.6. The molecule has 0 amide bonds. The van der Waals surface area contributed by atoms with Crippen molar-refractivity contribution in [2.24, 2.45) is 0 Å². The van der Waals surface area contributed by atoms with E-state index in [2.05, 4.69) is 6.92 Å². The molecule has 5 nitrogen and oxygen atoms in total. The molecule has 0 unspecified atom stereocenters. The second-order valence-electron chi connectivity index (χ2n) is 5.95. The summed E-state index contributed by atoms with van der Waals surface area (Å²) in [6.45, 7) is 2.13. The first-order valence-electron chi connectivity index (χ1n) is 8.91. The van der Waals surface area contributed by atoms with E-state index in [1.54, 1.807) is 36.5 Å². The Balaban J connectivity index is 3.97. The van der Waals surface area contributed by atoms with Gasteiger partial charge in [0.1, 0.15) is 0 Å². The highest BCUT2D eigenvalue weighted by Gasteiger charge is 2.12. The van der Waals surface area contributed by atoms with E-state index in [1.807, 2.05) is 6.08 Å². The fourth-order valence-electron chi connectivity index (χ4n) is 2.09. The van der Waals surface area contributed by atoms with Crippen molar-refractivity contribution >= 4 is 5.97 Å². The summed E-state index contributed by atoms with van der Waals surface area (Å²) >= 11 is 0. The predicted octanol–water partition coefficient (Wildman–Crippen LogP) is 3.13. The summed E-state index contributed by atoms with van der Waals surface area (Å²) in [4.78, 5) is 10.4. The molecule has 0 radical (unpaired) electrons. The standard InChI is InChI=1S/C20H32O5/c1-2-3-8-12-17(21)13-9-6-4-5-7-10-14-18(22)19(23)15-11-16-20(24)25/h4-7,9-10,13-14,17-19,21-23H,2-3,8,11-12,15-16H2,1H3,(H,24,25)/t17-,18+,19-/m0/s1. The molecule has 0 aromatic rings. The summed E-state index contributed by atoms with van der Waals surface area (Å²) < 4.78 is 0. The highest BCUT2D eigenvalue weighted by molar-refractivity contribution is 5.66. The summed E-state index contributed by atoms with van der Waals surface area (Å²) in [7, 11) is 0. The van der Waals surface area contributed by atoms with Crippen molar-refractivity contribution in [1.82, 2.24) is 0 Å². The van der Waals surface area contributed by atoms with Crippen LogP contribution < -0.4 is 0 Å². The quantitative estimate of drug-likeness (QED) is 0.284. The Bertz CT molecular complexity index is 451. The van der Waals surface area contributed by atoms with Crippen LogP contribution in [0.4, 0.5) is 0 Å². The normalized spacial score (nSPS) is 16.3. The van der Waals surface area contributed by atoms with E-state index in [-0.39, 0.29) is 12.8 Å². The first-order valence-corrected chi connectivity index (χ1v) is 8.91. The van der Waals surface area contributed by atoms with Crippen LogP contribution in [0.15, 0.2) is 48.6 Å². The lowest BCUT2D eigenvalue weighted by molar-refractivity contribution is -0.137. The molecule has 0 aliphatic heterocycles. The molecule has 4 N–H and O–H groups in total. The van der Waals surface area contributed by atoms with Crippen molar-refractivity contribution in [1.29, 1.82) is 0 Å². The molecule has 0 saturated carbocycles. The Kier molecular flexibility index (Phi) is 14.7. The van der Waals surface area contributed by atoms with Gasteiger partial charge in [-0.1, -0.05) is 74.8 Å². The summed E-state index contributed by atoms with van der Waals surface area (Å²) in [5.74, 6) is -0.908. The molecule has 0 heterocycles. The fourth-order valence-corrected chi connectivity index (χ4v) is 2.09. The Morgan fingerprint density at radius 1 is 0.840 bits per heavy atom. The van der Waals surface area contributed by atoms with Gasteiger partial charge in [0.2, 0.25) is 0 Å². The number of rotatable bonds is 14. The van der Waals surface area contributed by atoms with Gasteiger partial charge in [-0.05, 0) is 19.3 Å². The van der Waals surface area contributed by atoms with Crippen molar-refractivity contribution in [3.05, 3.63) is 48.6 Å². The van der Waals surface area contributed by atoms with Gasteiger partial charge in [0.15, 0.2) is 0 Å². The van der Waals surface area contributed by atoms with Gasteiger partial charge in [-0.25, -0.2) is 0 Å². The molecular weight excluding hydrogens is 320 g/mol. The van der Waals surface area contributed by atoms with Crippen LogP contribution in [0.5, 0.6) is 0 Å². The van der Waals surface area contributed by atoms with Gasteiger partial charge in [-0.15, -0.1) is 0 Å². The van der Waals surface area contributed by atoms with Gasteiger partial charge in [-0.3, -0.25) is 4.79 Å². The smallest absolute Gasteiger partial charge is 0.303 e. The van der Waals surface area contributed by atoms with E-state index in [0.29, 0.717) is 6.42 Å². The van der Waals surface area contributed by atoms with Crippen molar-refractivity contribution < 1.29 is 25.2 Å². The Morgan fingerprint density at radius 2 is 1.44 bits per heavy atom. The van der Waals surface area contributed by atoms with Gasteiger partial charge in [0.05, 0.1) is 18.3 Å². The Hall–Kier alpha value is -1.69. The van der Waals surface area contributed by atoms with Crippen molar-refractivity contribution in [3.8, 4) is 0 Å². The zero-order valence-electron chi connectivity index (χ0n) is 15.0. The van der Waals surface area contributed by atoms with Gasteiger partial charge in [0, 0.05) is 6.42 Å². The fraction of sp³-hybridized carbons (Fsp3) is 0.550. The Morgan fingerprint density at radius 3 is 2.04 bits per heavy atom. The molecular formula is C20H32O5. The van der Waals surface area contributed by atoms with Crippen LogP contribution in [0.3, 0.4) is 0 Å². The van der Waals surface area contributed by atoms with Crippen LogP contribution in [0.1, 0.15) is 51.9 Å². The summed E-state index contributed by atoms with van der Waals surface area (Å²) in [6.07, 6.45) is 16.0. The number of aliphatic hydroxyl groups is 3. The van der Waals surface area contributed by atoms with E-state index in [1.165, 1.54) is 6.08 Å². The molecule has 0 bridgehead atoms. The molecule has 0 aromatic carbocycles. The van der Waals surface area contributed by atoms with Crippen LogP contribution >= 0.6 is 0 Å². The number of unbranched alkanes of at least 4 members (excludes halogenated alkanes) is 2. The number of carboxylic acid groups (broad SMARTS) is 1. The average Bonchev–Trinajstić information content (AvgIpc) is 2.56. The largest absolute Gasteiger partial charge is 0.481 e. The van der Waals surface area contributed by atoms with Crippen LogP contribution in [0, 0.1) is 0 Å². The lowest BCUT2D eigenvalue weighted by Gasteiger charge is -2.13. The molecule has 142 valence electrons. The second kappa shape index (κ2) is 15.8. The predicted molar refractivity (Wildman–Crippen MR) is 100 cm³/mol. The van der Waals surface area contributed by atoms with E-state index in [4.69, 9.17) is 5.11 Å². The van der Waals surface area contributed by atoms with Gasteiger partial charge in [-0.2, -0.15) is 0 Å². The third-order valence-electron chi connectivity index (χ3n) is 3.59. The van der Waals surface area contributed by atoms with E-state index >= 15 is 0 Å². The third kappa shape index (κ3) is 15.6. The number of allylic oxidation sites excluding steroid dienone is 6. The van der Waals surface area contributed by atoms with Crippen LogP contribution in [0.2, 0.25) is 0 Å². The van der Waals surface area contributed by atoms with Crippen LogP contribution in [0.25, 0.3) is 0 Å². The third-order valence-corrected chi connectivity index (χ3v) is 3.59. The molecule has 0 aromatic heterocycles. The second-order valence-corrected chi connectivity index (χ2v) is 5.95. The first kappa shape index (κ1) is 23.3. The number of carbonyl (C=O) groups is 1. The van der Waals surface area contributed by atoms with Gasteiger partial charge in [0.25, 0.3) is 0 Å². The van der Waals surface area contributed by atoms with Crippen LogP contribution in [-0.4, -0.2) is 44.7 Å². The zero-order valence-corrected chi connectivity index (χ0v) is 15.0. The van der Waals surface area contributed by atoms with E-state index in [9.17, 15) is 20.1 Å². The van der Waals surface area contributed by atoms with Crippen molar-refractivity contribution in [3.63, 3.8) is 0 Å². The van der Waals surface area contributed by atoms with E-state index < -0.39 is 24.3 Å². The topological polar surface area (TPSA) is 98.0 Å². The minimum atomic E-state index is -1.01. The monoisotopic (exact) mass is 352 g/mol. The number of carboxylic acids is 1. The van der Waals surface area contributed by atoms with E-state index in [0.717, 1.165) is 25.7 Å². The molecule has 25 heavy (non-hydrogen) atoms. The average molecular weight is 352 g/mol.